The van der Waals surface area contributed by atoms with Crippen molar-refractivity contribution in [3.8, 4) is 11.5 Å². The van der Waals surface area contributed by atoms with Gasteiger partial charge in [0.05, 0.1) is 4.90 Å². The lowest BCUT2D eigenvalue weighted by atomic mass is 10.1. The highest BCUT2D eigenvalue weighted by molar-refractivity contribution is 7.93. The van der Waals surface area contributed by atoms with Crippen LogP contribution >= 0.6 is 0 Å². The molecular formula is C19H14FN3O3S. The number of fused-ring (bicyclic) bond motifs is 1. The van der Waals surface area contributed by atoms with Gasteiger partial charge in [0, 0.05) is 10.9 Å². The van der Waals surface area contributed by atoms with Gasteiger partial charge in [-0.25, -0.2) is 17.5 Å². The summed E-state index contributed by atoms with van der Waals surface area (Å²) in [5.41, 5.74) is 0.844. The van der Waals surface area contributed by atoms with Crippen molar-refractivity contribution in [3.63, 3.8) is 0 Å². The molecule has 1 heterocycles. The lowest BCUT2D eigenvalue weighted by Crippen LogP contribution is -2.13. The molecule has 0 radical (unpaired) electrons. The second kappa shape index (κ2) is 6.48. The zero-order chi connectivity index (χ0) is 19.0. The summed E-state index contributed by atoms with van der Waals surface area (Å²) in [5, 5.41) is 8.86. The third kappa shape index (κ3) is 3.26. The second-order valence-corrected chi connectivity index (χ2v) is 7.61. The highest BCUT2D eigenvalue weighted by Crippen LogP contribution is 2.26. The summed E-state index contributed by atoms with van der Waals surface area (Å²) in [5.74, 6) is -0.395. The first-order valence-electron chi connectivity index (χ1n) is 8.05. The van der Waals surface area contributed by atoms with E-state index in [1.165, 1.54) is 12.1 Å². The minimum Gasteiger partial charge on any atom is -0.403 e. The monoisotopic (exact) mass is 383 g/mol. The fraction of sp³-hybridized carbons (Fsp3) is 0.0526. The summed E-state index contributed by atoms with van der Waals surface area (Å²) in [4.78, 5) is 0.0988. The number of nitrogens with zero attached hydrogens (tertiary/aromatic N) is 2. The average Bonchev–Trinajstić information content (AvgIpc) is 3.11. The van der Waals surface area contributed by atoms with Crippen molar-refractivity contribution in [2.24, 2.45) is 0 Å². The van der Waals surface area contributed by atoms with Gasteiger partial charge in [-0.05, 0) is 36.1 Å². The van der Waals surface area contributed by atoms with Crippen LogP contribution in [0.1, 0.15) is 5.56 Å². The predicted molar refractivity (Wildman–Crippen MR) is 99.2 cm³/mol. The number of hydrogen-bond donors (Lipinski definition) is 1. The standard InChI is InChI=1S/C19H14FN3O3S/c1-12-9-10-14(11-16(12)20)18-21-22-19(26-18)23-27(24,25)17-8-4-6-13-5-2-3-7-15(13)17/h2-11H,1H3,(H,22,23). The Balaban J connectivity index is 1.67. The maximum atomic E-state index is 13.7. The molecule has 0 bridgehead atoms. The summed E-state index contributed by atoms with van der Waals surface area (Å²) in [6.45, 7) is 1.64. The molecule has 4 aromatic rings. The smallest absolute Gasteiger partial charge is 0.330 e. The maximum absolute atomic E-state index is 13.7. The van der Waals surface area contributed by atoms with Gasteiger partial charge in [-0.2, -0.15) is 0 Å². The fourth-order valence-electron chi connectivity index (χ4n) is 2.71. The van der Waals surface area contributed by atoms with Gasteiger partial charge in [0.25, 0.3) is 10.0 Å². The van der Waals surface area contributed by atoms with Crippen molar-refractivity contribution in [1.82, 2.24) is 10.2 Å². The van der Waals surface area contributed by atoms with E-state index in [-0.39, 0.29) is 16.8 Å². The van der Waals surface area contributed by atoms with Gasteiger partial charge in [-0.3, -0.25) is 0 Å². The van der Waals surface area contributed by atoms with E-state index in [0.29, 0.717) is 16.5 Å². The quantitative estimate of drug-likeness (QED) is 0.572. The number of nitrogens with one attached hydrogen (secondary N) is 1. The number of sulfonamides is 1. The van der Waals surface area contributed by atoms with E-state index < -0.39 is 15.8 Å². The number of aromatic nitrogens is 2. The van der Waals surface area contributed by atoms with Crippen molar-refractivity contribution < 1.29 is 17.2 Å². The van der Waals surface area contributed by atoms with Crippen LogP contribution < -0.4 is 4.72 Å². The predicted octanol–water partition coefficient (Wildman–Crippen LogP) is 4.14. The molecule has 0 amide bonds. The van der Waals surface area contributed by atoms with Crippen molar-refractivity contribution in [2.45, 2.75) is 11.8 Å². The molecule has 3 aromatic carbocycles. The Morgan fingerprint density at radius 3 is 2.59 bits per heavy atom. The SMILES string of the molecule is Cc1ccc(-c2nnc(NS(=O)(=O)c3cccc4ccccc34)o2)cc1F. The molecule has 1 N–H and O–H groups in total. The van der Waals surface area contributed by atoms with Gasteiger partial charge in [-0.15, -0.1) is 5.10 Å². The van der Waals surface area contributed by atoms with Crippen molar-refractivity contribution in [2.75, 3.05) is 4.72 Å². The molecule has 0 aliphatic carbocycles. The highest BCUT2D eigenvalue weighted by atomic mass is 32.2. The molecule has 4 rings (SSSR count). The van der Waals surface area contributed by atoms with Crippen LogP contribution in [0.5, 0.6) is 0 Å². The zero-order valence-electron chi connectivity index (χ0n) is 14.2. The topological polar surface area (TPSA) is 85.1 Å². The number of aryl methyl sites for hydroxylation is 1. The molecular weight excluding hydrogens is 369 g/mol. The number of anilines is 1. The maximum Gasteiger partial charge on any atom is 0.330 e. The highest BCUT2D eigenvalue weighted by Gasteiger charge is 2.21. The van der Waals surface area contributed by atoms with Crippen molar-refractivity contribution >= 4 is 26.8 Å². The Bertz CT molecular complexity index is 1250. The van der Waals surface area contributed by atoms with E-state index in [4.69, 9.17) is 4.42 Å². The Labute approximate surface area is 154 Å². The second-order valence-electron chi connectivity index (χ2n) is 5.96. The Kier molecular flexibility index (Phi) is 4.12. The average molecular weight is 383 g/mol. The van der Waals surface area contributed by atoms with Gasteiger partial charge < -0.3 is 4.42 Å². The molecule has 0 fully saturated rings. The number of hydrogen-bond acceptors (Lipinski definition) is 5. The van der Waals surface area contributed by atoms with E-state index in [9.17, 15) is 12.8 Å². The van der Waals surface area contributed by atoms with Crippen LogP contribution in [0.4, 0.5) is 10.4 Å². The number of benzene rings is 3. The fourth-order valence-corrected chi connectivity index (χ4v) is 3.86. The molecule has 0 saturated carbocycles. The Morgan fingerprint density at radius 1 is 1.00 bits per heavy atom. The molecule has 0 saturated heterocycles. The zero-order valence-corrected chi connectivity index (χ0v) is 15.0. The first kappa shape index (κ1) is 17.2. The lowest BCUT2D eigenvalue weighted by Gasteiger charge is -2.07. The molecule has 0 spiro atoms. The molecule has 0 atom stereocenters. The van der Waals surface area contributed by atoms with Crippen molar-refractivity contribution in [1.29, 1.82) is 0 Å². The molecule has 0 aliphatic rings. The minimum absolute atomic E-state index is 0.0181. The van der Waals surface area contributed by atoms with Gasteiger partial charge >= 0.3 is 6.01 Å². The first-order valence-corrected chi connectivity index (χ1v) is 9.53. The van der Waals surface area contributed by atoms with Crippen LogP contribution in [0.3, 0.4) is 0 Å². The Morgan fingerprint density at radius 2 is 1.78 bits per heavy atom. The molecule has 1 aromatic heterocycles. The Hall–Kier alpha value is -3.26. The molecule has 0 aliphatic heterocycles. The number of halogens is 1. The molecule has 0 unspecified atom stereocenters. The summed E-state index contributed by atoms with van der Waals surface area (Å²) in [6.07, 6.45) is 0. The van der Waals surface area contributed by atoms with Gasteiger partial charge in [0.15, 0.2) is 0 Å². The summed E-state index contributed by atoms with van der Waals surface area (Å²) in [6, 6.07) is 16.3. The van der Waals surface area contributed by atoms with Crippen LogP contribution in [0.25, 0.3) is 22.2 Å². The van der Waals surface area contributed by atoms with Gasteiger partial charge in [-0.1, -0.05) is 47.6 Å². The van der Waals surface area contributed by atoms with Gasteiger partial charge in [0.2, 0.25) is 5.89 Å². The van der Waals surface area contributed by atoms with E-state index in [1.807, 2.05) is 18.2 Å². The molecule has 136 valence electrons. The van der Waals surface area contributed by atoms with E-state index in [0.717, 1.165) is 5.39 Å². The largest absolute Gasteiger partial charge is 0.403 e. The summed E-state index contributed by atoms with van der Waals surface area (Å²) < 4.78 is 46.9. The van der Waals surface area contributed by atoms with Crippen molar-refractivity contribution in [3.05, 3.63) is 72.0 Å². The van der Waals surface area contributed by atoms with E-state index in [2.05, 4.69) is 14.9 Å². The van der Waals surface area contributed by atoms with Crippen LogP contribution in [0.2, 0.25) is 0 Å². The third-order valence-corrected chi connectivity index (χ3v) is 5.48. The van der Waals surface area contributed by atoms with Crippen LogP contribution in [-0.2, 0) is 10.0 Å². The summed E-state index contributed by atoms with van der Waals surface area (Å²) >= 11 is 0. The molecule has 6 nitrogen and oxygen atoms in total. The molecule has 8 heteroatoms. The number of rotatable bonds is 4. The van der Waals surface area contributed by atoms with E-state index >= 15 is 0 Å². The van der Waals surface area contributed by atoms with E-state index in [1.54, 1.807) is 37.3 Å². The third-order valence-electron chi connectivity index (χ3n) is 4.10. The normalized spacial score (nSPS) is 11.6. The minimum atomic E-state index is -3.94. The van der Waals surface area contributed by atoms with Gasteiger partial charge in [0.1, 0.15) is 5.82 Å². The first-order chi connectivity index (χ1) is 12.9. The van der Waals surface area contributed by atoms with Crippen LogP contribution in [0, 0.1) is 12.7 Å². The lowest BCUT2D eigenvalue weighted by molar-refractivity contribution is 0.575. The van der Waals surface area contributed by atoms with Crippen LogP contribution in [-0.4, -0.2) is 18.6 Å². The summed E-state index contributed by atoms with van der Waals surface area (Å²) in [7, 11) is -3.94. The van der Waals surface area contributed by atoms with Crippen LogP contribution in [0.15, 0.2) is 70.0 Å². The molecule has 27 heavy (non-hydrogen) atoms.